The van der Waals surface area contributed by atoms with Crippen LogP contribution in [0.4, 0.5) is 0 Å². The number of benzene rings is 3. The summed E-state index contributed by atoms with van der Waals surface area (Å²) < 4.78 is 25.7. The van der Waals surface area contributed by atoms with E-state index in [9.17, 15) is 14.4 Å². The molecule has 0 spiro atoms. The Morgan fingerprint density at radius 3 is 2.12 bits per heavy atom. The van der Waals surface area contributed by atoms with E-state index in [1.165, 1.54) is 0 Å². The first-order valence-corrected chi connectivity index (χ1v) is 15.8. The number of hydrogen-bond acceptors (Lipinski definition) is 7. The minimum atomic E-state index is -3.25. The number of aldehydes is 2. The zero-order chi connectivity index (χ0) is 29.9. The molecule has 0 aromatic heterocycles. The van der Waals surface area contributed by atoms with Crippen molar-refractivity contribution in [3.05, 3.63) is 63.7 Å². The van der Waals surface area contributed by atoms with Gasteiger partial charge in [-0.1, -0.05) is 53.7 Å². The van der Waals surface area contributed by atoms with Crippen LogP contribution < -0.4 is 13.6 Å². The summed E-state index contributed by atoms with van der Waals surface area (Å²) >= 11 is 0. The third-order valence-electron chi connectivity index (χ3n) is 8.38. The molecule has 3 aromatic carbocycles. The number of ketones is 1. The first kappa shape index (κ1) is 29.0. The predicted molar refractivity (Wildman–Crippen MR) is 160 cm³/mol. The van der Waals surface area contributed by atoms with Crippen LogP contribution in [0.1, 0.15) is 108 Å². The number of fused-ring (bicyclic) bond motifs is 2. The summed E-state index contributed by atoms with van der Waals surface area (Å²) in [5.74, 6) is 1.48. The van der Waals surface area contributed by atoms with Gasteiger partial charge in [0, 0.05) is 33.0 Å². The van der Waals surface area contributed by atoms with Gasteiger partial charge in [0.15, 0.2) is 18.4 Å². The number of carbonyl (C=O) groups excluding carboxylic acids is 3. The van der Waals surface area contributed by atoms with Crippen LogP contribution in [0.3, 0.4) is 0 Å². The molecule has 0 fully saturated rings. The first-order valence-electron chi connectivity index (χ1n) is 14.0. The maximum absolute atomic E-state index is 13.8. The van der Waals surface area contributed by atoms with Gasteiger partial charge in [-0.2, -0.15) is 0 Å². The molecule has 216 valence electrons. The van der Waals surface area contributed by atoms with Gasteiger partial charge in [0.25, 0.3) is 0 Å². The van der Waals surface area contributed by atoms with E-state index in [-0.39, 0.29) is 12.2 Å². The van der Waals surface area contributed by atoms with Gasteiger partial charge in [-0.05, 0) is 42.7 Å². The van der Waals surface area contributed by atoms with Crippen molar-refractivity contribution in [2.24, 2.45) is 0 Å². The van der Waals surface area contributed by atoms with E-state index in [1.807, 2.05) is 37.3 Å². The van der Waals surface area contributed by atoms with E-state index in [0.717, 1.165) is 23.9 Å². The minimum Gasteiger partial charge on any atom is -0.510 e. The molecule has 0 radical (unpaired) electrons. The van der Waals surface area contributed by atoms with Crippen molar-refractivity contribution in [3.8, 4) is 17.2 Å². The molecular weight excluding hydrogens is 536 g/mol. The van der Waals surface area contributed by atoms with Crippen LogP contribution in [0, 0.1) is 6.92 Å². The summed E-state index contributed by atoms with van der Waals surface area (Å²) in [5.41, 5.74) is 3.37. The van der Waals surface area contributed by atoms with E-state index in [4.69, 9.17) is 18.3 Å². The second-order valence-electron chi connectivity index (χ2n) is 13.1. The molecule has 7 nitrogen and oxygen atoms in total. The number of aryl methyl sites for hydroxylation is 1. The van der Waals surface area contributed by atoms with Crippen LogP contribution in [0.2, 0.25) is 10.1 Å². The Kier molecular flexibility index (Phi) is 7.15. The molecule has 1 aliphatic carbocycles. The van der Waals surface area contributed by atoms with E-state index in [1.54, 1.807) is 7.11 Å². The molecule has 1 aliphatic heterocycles. The Labute approximate surface area is 242 Å². The number of hydrogen-bond donors (Lipinski definition) is 0. The fourth-order valence-corrected chi connectivity index (χ4v) is 11.0. The summed E-state index contributed by atoms with van der Waals surface area (Å²) in [5, 5.41) is 0.249. The summed E-state index contributed by atoms with van der Waals surface area (Å²) in [4.78, 5) is 39.0. The van der Waals surface area contributed by atoms with Gasteiger partial charge < -0.3 is 18.3 Å². The van der Waals surface area contributed by atoms with Crippen molar-refractivity contribution in [2.75, 3.05) is 7.11 Å². The summed E-state index contributed by atoms with van der Waals surface area (Å²) in [7, 11) is -1.63. The number of methoxy groups -OCH3 is 1. The molecule has 41 heavy (non-hydrogen) atoms. The lowest BCUT2D eigenvalue weighted by atomic mass is 9.81. The van der Waals surface area contributed by atoms with Crippen molar-refractivity contribution in [1.82, 2.24) is 0 Å². The second-order valence-corrected chi connectivity index (χ2v) is 17.7. The van der Waals surface area contributed by atoms with Gasteiger partial charge in [0.05, 0.1) is 36.3 Å². The first-order chi connectivity index (χ1) is 19.3. The smallest absolute Gasteiger partial charge is 0.471 e. The van der Waals surface area contributed by atoms with Crippen molar-refractivity contribution >= 4 is 37.7 Å². The maximum Gasteiger partial charge on any atom is 0.471 e. The van der Waals surface area contributed by atoms with E-state index >= 15 is 0 Å². The summed E-state index contributed by atoms with van der Waals surface area (Å²) in [6, 6.07) is 9.43. The SMILES string of the molecule is COc1ccc(CO[C@H]2CCC(=O)c3c2c(C=O)c2cc(C)c(C=O)c4c2c3O[Si](C(C)(C)C)(C(C)(C)C)O4)cc1. The molecule has 5 rings (SSSR count). The monoisotopic (exact) mass is 574 g/mol. The molecule has 1 heterocycles. The van der Waals surface area contributed by atoms with Crippen molar-refractivity contribution < 1.29 is 32.7 Å². The summed E-state index contributed by atoms with van der Waals surface area (Å²) in [6.45, 7) is 14.6. The Balaban J connectivity index is 1.78. The number of carbonyl (C=O) groups is 3. The Morgan fingerprint density at radius 2 is 1.56 bits per heavy atom. The molecular formula is C33H38O7Si. The Bertz CT molecular complexity index is 1540. The molecule has 0 N–H and O–H groups in total. The lowest BCUT2D eigenvalue weighted by molar-refractivity contribution is 0.0272. The van der Waals surface area contributed by atoms with Crippen LogP contribution in [-0.2, 0) is 11.3 Å². The largest absolute Gasteiger partial charge is 0.510 e. The van der Waals surface area contributed by atoms with Gasteiger partial charge >= 0.3 is 8.56 Å². The van der Waals surface area contributed by atoms with Gasteiger partial charge in [-0.3, -0.25) is 14.4 Å². The van der Waals surface area contributed by atoms with Gasteiger partial charge in [-0.15, -0.1) is 0 Å². The van der Waals surface area contributed by atoms with Crippen LogP contribution in [-0.4, -0.2) is 34.0 Å². The second kappa shape index (κ2) is 10.1. The molecule has 0 unspecified atom stereocenters. The van der Waals surface area contributed by atoms with Gasteiger partial charge in [0.1, 0.15) is 17.2 Å². The van der Waals surface area contributed by atoms with Gasteiger partial charge in [0.2, 0.25) is 0 Å². The molecule has 3 aromatic rings. The lowest BCUT2D eigenvalue weighted by Crippen LogP contribution is -2.63. The highest BCUT2D eigenvalue weighted by atomic mass is 28.4. The molecule has 0 saturated carbocycles. The third-order valence-corrected chi connectivity index (χ3v) is 13.3. The van der Waals surface area contributed by atoms with Crippen LogP contribution in [0.25, 0.3) is 10.8 Å². The summed E-state index contributed by atoms with van der Waals surface area (Å²) in [6.07, 6.45) is 1.79. The topological polar surface area (TPSA) is 88.1 Å². The van der Waals surface area contributed by atoms with Crippen molar-refractivity contribution in [2.45, 2.75) is 84.1 Å². The average molecular weight is 575 g/mol. The molecule has 0 amide bonds. The van der Waals surface area contributed by atoms with Crippen LogP contribution in [0.5, 0.6) is 17.2 Å². The van der Waals surface area contributed by atoms with Crippen LogP contribution >= 0.6 is 0 Å². The normalized spacial score (nSPS) is 17.9. The number of ether oxygens (including phenoxy) is 2. The highest BCUT2D eigenvalue weighted by Gasteiger charge is 2.64. The Hall–Kier alpha value is -3.49. The number of Topliss-reactive ketones (excluding diaryl/α,β-unsaturated/α-hetero) is 1. The maximum atomic E-state index is 13.8. The van der Waals surface area contributed by atoms with E-state index in [0.29, 0.717) is 63.1 Å². The third kappa shape index (κ3) is 4.48. The molecule has 0 saturated heterocycles. The standard InChI is InChI=1S/C33H38O7Si/c1-19-15-22-24(17-35)27-26(38-18-20-9-11-21(37-8)12-10-20)14-13-25(36)29(27)31-28(22)30(23(19)16-34)39-41(40-31,32(2,3)4)33(5,6)7/h9-12,15-17,26H,13-14,18H2,1-8H3/t26-/m0/s1. The highest BCUT2D eigenvalue weighted by molar-refractivity contribution is 6.75. The number of rotatable bonds is 6. The lowest BCUT2D eigenvalue weighted by Gasteiger charge is -2.51. The zero-order valence-corrected chi connectivity index (χ0v) is 26.1. The van der Waals surface area contributed by atoms with E-state index in [2.05, 4.69) is 41.5 Å². The van der Waals surface area contributed by atoms with E-state index < -0.39 is 24.7 Å². The fraction of sp³-hybridized carbons (Fsp3) is 0.424. The quantitative estimate of drug-likeness (QED) is 0.219. The highest BCUT2D eigenvalue weighted by Crippen LogP contribution is 2.59. The van der Waals surface area contributed by atoms with Crippen molar-refractivity contribution in [3.63, 3.8) is 0 Å². The molecule has 2 aliphatic rings. The van der Waals surface area contributed by atoms with Crippen LogP contribution in [0.15, 0.2) is 30.3 Å². The van der Waals surface area contributed by atoms with Crippen molar-refractivity contribution in [1.29, 1.82) is 0 Å². The molecule has 8 heteroatoms. The molecule has 0 bridgehead atoms. The minimum absolute atomic E-state index is 0.101. The van der Waals surface area contributed by atoms with Gasteiger partial charge in [-0.25, -0.2) is 0 Å². The predicted octanol–water partition coefficient (Wildman–Crippen LogP) is 7.83. The Morgan fingerprint density at radius 1 is 0.951 bits per heavy atom. The zero-order valence-electron chi connectivity index (χ0n) is 25.1. The molecule has 1 atom stereocenters. The average Bonchev–Trinajstić information content (AvgIpc) is 2.91. The fourth-order valence-electron chi connectivity index (χ4n) is 6.52.